The summed E-state index contributed by atoms with van der Waals surface area (Å²) >= 11 is 5.73. The van der Waals surface area contributed by atoms with E-state index < -0.39 is 11.7 Å². The molecule has 6 heteroatoms. The van der Waals surface area contributed by atoms with Crippen LogP contribution in [0.4, 0.5) is 4.39 Å². The molecule has 0 radical (unpaired) electrons. The second-order valence-corrected chi connectivity index (χ2v) is 4.50. The largest absolute Gasteiger partial charge is 0.482 e. The smallest absolute Gasteiger partial charge is 0.281 e. The first-order valence-electron chi connectivity index (χ1n) is 5.47. The molecule has 0 unspecified atom stereocenters. The van der Waals surface area contributed by atoms with Crippen LogP contribution in [-0.2, 0) is 9.63 Å². The van der Waals surface area contributed by atoms with Crippen molar-refractivity contribution >= 4 is 17.5 Å². The summed E-state index contributed by atoms with van der Waals surface area (Å²) in [5.74, 6) is -0.331. The number of nitrogens with one attached hydrogen (secondary N) is 1. The van der Waals surface area contributed by atoms with E-state index in [2.05, 4.69) is 5.48 Å². The van der Waals surface area contributed by atoms with E-state index in [1.54, 1.807) is 0 Å². The highest BCUT2D eigenvalue weighted by molar-refractivity contribution is 6.32. The molecular formula is C12H15ClFNO3. The minimum Gasteiger partial charge on any atom is -0.482 e. The molecule has 1 N–H and O–H groups in total. The van der Waals surface area contributed by atoms with Crippen LogP contribution in [0.1, 0.15) is 13.8 Å². The summed E-state index contributed by atoms with van der Waals surface area (Å²) in [6.07, 6.45) is 0. The normalized spacial score (nSPS) is 10.5. The summed E-state index contributed by atoms with van der Waals surface area (Å²) in [5.41, 5.74) is 2.23. The molecule has 0 aliphatic rings. The van der Waals surface area contributed by atoms with E-state index in [0.29, 0.717) is 12.5 Å². The molecular weight excluding hydrogens is 261 g/mol. The average molecular weight is 276 g/mol. The maximum Gasteiger partial charge on any atom is 0.281 e. The molecule has 18 heavy (non-hydrogen) atoms. The lowest BCUT2D eigenvalue weighted by atomic mass is 10.2. The molecule has 0 fully saturated rings. The zero-order valence-corrected chi connectivity index (χ0v) is 11.0. The maximum absolute atomic E-state index is 12.7. The Morgan fingerprint density at radius 1 is 1.50 bits per heavy atom. The van der Waals surface area contributed by atoms with Crippen LogP contribution in [-0.4, -0.2) is 19.1 Å². The predicted molar refractivity (Wildman–Crippen MR) is 65.8 cm³/mol. The molecule has 4 nitrogen and oxygen atoms in total. The van der Waals surface area contributed by atoms with Gasteiger partial charge < -0.3 is 4.74 Å². The number of hydrogen-bond donors (Lipinski definition) is 1. The van der Waals surface area contributed by atoms with Crippen LogP contribution in [0.25, 0.3) is 0 Å². The monoisotopic (exact) mass is 275 g/mol. The number of ether oxygens (including phenoxy) is 1. The number of amides is 1. The van der Waals surface area contributed by atoms with Gasteiger partial charge in [-0.3, -0.25) is 9.63 Å². The van der Waals surface area contributed by atoms with Crippen molar-refractivity contribution in [3.63, 3.8) is 0 Å². The number of rotatable bonds is 6. The van der Waals surface area contributed by atoms with Crippen molar-refractivity contribution < 1.29 is 18.8 Å². The first kappa shape index (κ1) is 14.7. The minimum absolute atomic E-state index is 0.117. The molecule has 1 rings (SSSR count). The maximum atomic E-state index is 12.7. The van der Waals surface area contributed by atoms with Gasteiger partial charge in [0.05, 0.1) is 11.6 Å². The molecule has 1 aromatic rings. The minimum atomic E-state index is -0.461. The molecule has 0 spiro atoms. The fraction of sp³-hybridized carbons (Fsp3) is 0.417. The van der Waals surface area contributed by atoms with Gasteiger partial charge in [0.15, 0.2) is 6.61 Å². The van der Waals surface area contributed by atoms with Crippen LogP contribution >= 0.6 is 11.6 Å². The highest BCUT2D eigenvalue weighted by atomic mass is 35.5. The fourth-order valence-corrected chi connectivity index (χ4v) is 1.28. The number of benzene rings is 1. The second kappa shape index (κ2) is 7.18. The summed E-state index contributed by atoms with van der Waals surface area (Å²) in [5, 5.41) is 0.117. The Morgan fingerprint density at radius 3 is 2.83 bits per heavy atom. The van der Waals surface area contributed by atoms with Crippen molar-refractivity contribution in [2.75, 3.05) is 13.2 Å². The molecule has 0 bridgehead atoms. The van der Waals surface area contributed by atoms with Crippen molar-refractivity contribution in [3.05, 3.63) is 29.0 Å². The van der Waals surface area contributed by atoms with Gasteiger partial charge in [0.2, 0.25) is 0 Å². The van der Waals surface area contributed by atoms with Gasteiger partial charge in [0, 0.05) is 0 Å². The van der Waals surface area contributed by atoms with Crippen molar-refractivity contribution in [1.29, 1.82) is 0 Å². The Balaban J connectivity index is 2.33. The highest BCUT2D eigenvalue weighted by Gasteiger charge is 2.07. The Hall–Kier alpha value is -1.33. The zero-order chi connectivity index (χ0) is 13.5. The predicted octanol–water partition coefficient (Wildman–Crippen LogP) is 2.56. The van der Waals surface area contributed by atoms with Crippen molar-refractivity contribution in [1.82, 2.24) is 5.48 Å². The molecule has 0 saturated carbocycles. The van der Waals surface area contributed by atoms with E-state index in [0.717, 1.165) is 6.07 Å². The first-order valence-corrected chi connectivity index (χ1v) is 5.85. The molecule has 0 aliphatic carbocycles. The van der Waals surface area contributed by atoms with Crippen LogP contribution in [0.5, 0.6) is 5.75 Å². The molecule has 0 atom stereocenters. The number of carbonyl (C=O) groups is 1. The first-order chi connectivity index (χ1) is 8.49. The lowest BCUT2D eigenvalue weighted by molar-refractivity contribution is -0.136. The molecule has 0 heterocycles. The van der Waals surface area contributed by atoms with E-state index in [1.165, 1.54) is 12.1 Å². The van der Waals surface area contributed by atoms with Gasteiger partial charge in [-0.1, -0.05) is 25.4 Å². The Labute approximate surface area is 110 Å². The van der Waals surface area contributed by atoms with Crippen LogP contribution in [0.3, 0.4) is 0 Å². The third-order valence-electron chi connectivity index (χ3n) is 1.86. The van der Waals surface area contributed by atoms with Gasteiger partial charge in [-0.15, -0.1) is 0 Å². The lowest BCUT2D eigenvalue weighted by Gasteiger charge is -2.09. The topological polar surface area (TPSA) is 47.6 Å². The number of hydrogen-bond acceptors (Lipinski definition) is 3. The van der Waals surface area contributed by atoms with E-state index in [-0.39, 0.29) is 17.4 Å². The van der Waals surface area contributed by atoms with E-state index in [9.17, 15) is 9.18 Å². The molecule has 0 aliphatic heterocycles. The third kappa shape index (κ3) is 5.33. The summed E-state index contributed by atoms with van der Waals surface area (Å²) in [4.78, 5) is 16.2. The van der Waals surface area contributed by atoms with Gasteiger partial charge in [-0.25, -0.2) is 9.87 Å². The number of carbonyl (C=O) groups excluding carboxylic acids is 1. The number of halogens is 2. The average Bonchev–Trinajstić information content (AvgIpc) is 2.27. The second-order valence-electron chi connectivity index (χ2n) is 4.09. The van der Waals surface area contributed by atoms with Crippen molar-refractivity contribution in [2.45, 2.75) is 13.8 Å². The van der Waals surface area contributed by atoms with Gasteiger partial charge in [-0.2, -0.15) is 0 Å². The summed E-state index contributed by atoms with van der Waals surface area (Å²) < 4.78 is 17.9. The van der Waals surface area contributed by atoms with Crippen LogP contribution < -0.4 is 10.2 Å². The summed E-state index contributed by atoms with van der Waals surface area (Å²) in [6.45, 7) is 4.09. The molecule has 1 aromatic carbocycles. The zero-order valence-electron chi connectivity index (χ0n) is 10.2. The quantitative estimate of drug-likeness (QED) is 0.812. The van der Waals surface area contributed by atoms with Crippen LogP contribution in [0.15, 0.2) is 18.2 Å². The Bertz CT molecular complexity index is 412. The Morgan fingerprint density at radius 2 is 2.22 bits per heavy atom. The highest BCUT2D eigenvalue weighted by Crippen LogP contribution is 2.24. The lowest BCUT2D eigenvalue weighted by Crippen LogP contribution is -2.30. The Kier molecular flexibility index (Phi) is 5.88. The molecule has 1 amide bonds. The summed E-state index contributed by atoms with van der Waals surface area (Å²) in [7, 11) is 0. The van der Waals surface area contributed by atoms with Gasteiger partial charge in [0.1, 0.15) is 11.6 Å². The van der Waals surface area contributed by atoms with Gasteiger partial charge >= 0.3 is 0 Å². The van der Waals surface area contributed by atoms with Crippen LogP contribution in [0, 0.1) is 11.7 Å². The third-order valence-corrected chi connectivity index (χ3v) is 2.15. The van der Waals surface area contributed by atoms with Crippen molar-refractivity contribution in [2.24, 2.45) is 5.92 Å². The van der Waals surface area contributed by atoms with E-state index in [1.807, 2.05) is 13.8 Å². The van der Waals surface area contributed by atoms with Crippen LogP contribution in [0.2, 0.25) is 5.02 Å². The summed E-state index contributed by atoms with van der Waals surface area (Å²) in [6, 6.07) is 3.68. The molecule has 0 saturated heterocycles. The van der Waals surface area contributed by atoms with Gasteiger partial charge in [-0.05, 0) is 24.1 Å². The van der Waals surface area contributed by atoms with Crippen molar-refractivity contribution in [3.8, 4) is 5.75 Å². The molecule has 100 valence electrons. The number of hydroxylamine groups is 1. The molecule has 0 aromatic heterocycles. The van der Waals surface area contributed by atoms with E-state index in [4.69, 9.17) is 21.2 Å². The van der Waals surface area contributed by atoms with E-state index >= 15 is 0 Å². The SMILES string of the molecule is CC(C)CONC(=O)COc1ccc(F)cc1Cl. The van der Waals surface area contributed by atoms with Gasteiger partial charge in [0.25, 0.3) is 5.91 Å². The fourth-order valence-electron chi connectivity index (χ4n) is 1.05. The standard InChI is InChI=1S/C12H15ClFNO3/c1-8(2)6-18-15-12(16)7-17-11-4-3-9(14)5-10(11)13/h3-5,8H,6-7H2,1-2H3,(H,15,16).